The van der Waals surface area contributed by atoms with Gasteiger partial charge in [-0.25, -0.2) is 17.5 Å². The van der Waals surface area contributed by atoms with Crippen LogP contribution in [-0.2, 0) is 16.6 Å². The molecule has 114 valence electrons. The number of aromatic nitrogens is 1. The van der Waals surface area contributed by atoms with Crippen LogP contribution in [0.15, 0.2) is 33.7 Å². The summed E-state index contributed by atoms with van der Waals surface area (Å²) in [5.41, 5.74) is 0.716. The Morgan fingerprint density at radius 1 is 1.43 bits per heavy atom. The number of benzene rings is 1. The minimum absolute atomic E-state index is 0.132. The van der Waals surface area contributed by atoms with Gasteiger partial charge in [0.05, 0.1) is 17.3 Å². The van der Waals surface area contributed by atoms with E-state index in [1.165, 1.54) is 12.1 Å². The van der Waals surface area contributed by atoms with E-state index in [-0.39, 0.29) is 17.5 Å². The molecule has 0 unspecified atom stereocenters. The molecular weight excluding hydrogens is 319 g/mol. The monoisotopic (exact) mass is 332 g/mol. The number of hydrogen-bond donors (Lipinski definition) is 1. The van der Waals surface area contributed by atoms with Gasteiger partial charge >= 0.3 is 0 Å². The Morgan fingerprint density at radius 2 is 2.14 bits per heavy atom. The lowest BCUT2D eigenvalue weighted by Crippen LogP contribution is -2.24. The van der Waals surface area contributed by atoms with Crippen molar-refractivity contribution in [3.05, 3.63) is 46.6 Å². The van der Waals surface area contributed by atoms with Crippen molar-refractivity contribution >= 4 is 21.6 Å². The fourth-order valence-corrected chi connectivity index (χ4v) is 3.26. The summed E-state index contributed by atoms with van der Waals surface area (Å²) in [5, 5.41) is 3.64. The van der Waals surface area contributed by atoms with E-state index < -0.39 is 20.7 Å². The number of sulfonamides is 1. The second kappa shape index (κ2) is 6.13. The largest absolute Gasteiger partial charge is 0.360 e. The van der Waals surface area contributed by atoms with Gasteiger partial charge < -0.3 is 4.52 Å². The summed E-state index contributed by atoms with van der Waals surface area (Å²) in [6, 6.07) is 5.33. The van der Waals surface area contributed by atoms with Gasteiger partial charge in [-0.05, 0) is 18.1 Å². The van der Waals surface area contributed by atoms with Crippen molar-refractivity contribution in [2.45, 2.75) is 31.2 Å². The van der Waals surface area contributed by atoms with Crippen LogP contribution in [0.2, 0.25) is 5.02 Å². The van der Waals surface area contributed by atoms with Gasteiger partial charge in [-0.3, -0.25) is 0 Å². The van der Waals surface area contributed by atoms with Crippen molar-refractivity contribution in [3.8, 4) is 0 Å². The molecule has 1 N–H and O–H groups in total. The van der Waals surface area contributed by atoms with Gasteiger partial charge in [0.15, 0.2) is 5.76 Å². The van der Waals surface area contributed by atoms with Gasteiger partial charge in [0, 0.05) is 6.07 Å². The van der Waals surface area contributed by atoms with Gasteiger partial charge in [-0.2, -0.15) is 0 Å². The van der Waals surface area contributed by atoms with Gasteiger partial charge in [0.1, 0.15) is 10.7 Å². The molecule has 0 bridgehead atoms. The molecule has 0 aliphatic rings. The SMILES string of the molecule is CC(C)c1cc(CNS(=O)(=O)c2c(F)cccc2Cl)on1. The third-order valence-corrected chi connectivity index (χ3v) is 4.70. The maximum atomic E-state index is 13.6. The Morgan fingerprint density at radius 3 is 2.71 bits per heavy atom. The molecule has 1 heterocycles. The molecule has 1 aromatic heterocycles. The van der Waals surface area contributed by atoms with Gasteiger partial charge in [-0.1, -0.05) is 36.7 Å². The van der Waals surface area contributed by atoms with E-state index >= 15 is 0 Å². The van der Waals surface area contributed by atoms with Crippen LogP contribution in [0.1, 0.15) is 31.2 Å². The van der Waals surface area contributed by atoms with Crippen LogP contribution >= 0.6 is 11.6 Å². The lowest BCUT2D eigenvalue weighted by atomic mass is 10.1. The smallest absolute Gasteiger partial charge is 0.245 e. The molecule has 0 saturated carbocycles. The van der Waals surface area contributed by atoms with E-state index in [0.717, 1.165) is 6.07 Å². The molecular formula is C13H14ClFN2O3S. The number of hydrogen-bond acceptors (Lipinski definition) is 4. The van der Waals surface area contributed by atoms with E-state index in [9.17, 15) is 12.8 Å². The van der Waals surface area contributed by atoms with Crippen molar-refractivity contribution in [3.63, 3.8) is 0 Å². The van der Waals surface area contributed by atoms with Crippen LogP contribution in [0.5, 0.6) is 0 Å². The fourth-order valence-electron chi connectivity index (χ4n) is 1.66. The van der Waals surface area contributed by atoms with Crippen molar-refractivity contribution in [1.82, 2.24) is 9.88 Å². The van der Waals surface area contributed by atoms with Crippen molar-refractivity contribution in [2.75, 3.05) is 0 Å². The fraction of sp³-hybridized carbons (Fsp3) is 0.308. The summed E-state index contributed by atoms with van der Waals surface area (Å²) in [6.07, 6.45) is 0. The third-order valence-electron chi connectivity index (χ3n) is 2.79. The zero-order valence-electron chi connectivity index (χ0n) is 11.4. The first-order chi connectivity index (χ1) is 9.81. The molecule has 0 spiro atoms. The number of halogens is 2. The zero-order chi connectivity index (χ0) is 15.6. The molecule has 0 aliphatic heterocycles. The summed E-state index contributed by atoms with van der Waals surface area (Å²) in [4.78, 5) is -0.574. The Balaban J connectivity index is 2.18. The van der Waals surface area contributed by atoms with Gasteiger partial charge in [0.2, 0.25) is 10.0 Å². The van der Waals surface area contributed by atoms with E-state index in [4.69, 9.17) is 16.1 Å². The predicted octanol–water partition coefficient (Wildman–Crippen LogP) is 3.07. The Labute approximate surface area is 127 Å². The maximum Gasteiger partial charge on any atom is 0.245 e. The van der Waals surface area contributed by atoms with Gasteiger partial charge in [-0.15, -0.1) is 0 Å². The van der Waals surface area contributed by atoms with Crippen molar-refractivity contribution in [1.29, 1.82) is 0 Å². The van der Waals surface area contributed by atoms with E-state index in [0.29, 0.717) is 11.5 Å². The molecule has 21 heavy (non-hydrogen) atoms. The lowest BCUT2D eigenvalue weighted by Gasteiger charge is -2.07. The normalized spacial score (nSPS) is 12.0. The zero-order valence-corrected chi connectivity index (χ0v) is 13.0. The molecule has 1 aromatic carbocycles. The molecule has 5 nitrogen and oxygen atoms in total. The second-order valence-electron chi connectivity index (χ2n) is 4.75. The number of rotatable bonds is 5. The molecule has 0 amide bonds. The lowest BCUT2D eigenvalue weighted by molar-refractivity contribution is 0.372. The summed E-state index contributed by atoms with van der Waals surface area (Å²) < 4.78 is 45.1. The Bertz CT molecular complexity index is 723. The maximum absolute atomic E-state index is 13.6. The quantitative estimate of drug-likeness (QED) is 0.913. The topological polar surface area (TPSA) is 72.2 Å². The summed E-state index contributed by atoms with van der Waals surface area (Å²) in [7, 11) is -4.08. The highest BCUT2D eigenvalue weighted by molar-refractivity contribution is 7.89. The van der Waals surface area contributed by atoms with Crippen LogP contribution in [0, 0.1) is 5.82 Å². The van der Waals surface area contributed by atoms with E-state index in [1.807, 2.05) is 13.8 Å². The van der Waals surface area contributed by atoms with Crippen LogP contribution < -0.4 is 4.72 Å². The van der Waals surface area contributed by atoms with Crippen LogP contribution in [0.3, 0.4) is 0 Å². The molecule has 8 heteroatoms. The van der Waals surface area contributed by atoms with E-state index in [2.05, 4.69) is 9.88 Å². The Hall–Kier alpha value is -1.44. The standard InChI is InChI=1S/C13H14ClFN2O3S/c1-8(2)12-6-9(20-17-12)7-16-21(18,19)13-10(14)4-3-5-11(13)15/h3-6,8,16H,7H2,1-2H3. The molecule has 0 atom stereocenters. The van der Waals surface area contributed by atoms with E-state index in [1.54, 1.807) is 6.07 Å². The minimum Gasteiger partial charge on any atom is -0.360 e. The molecule has 0 fully saturated rings. The first kappa shape index (κ1) is 15.9. The van der Waals surface area contributed by atoms with Crippen molar-refractivity contribution < 1.29 is 17.3 Å². The summed E-state index contributed by atoms with van der Waals surface area (Å²) in [5.74, 6) is -0.398. The van der Waals surface area contributed by atoms with Crippen LogP contribution in [-0.4, -0.2) is 13.6 Å². The molecule has 2 aromatic rings. The predicted molar refractivity (Wildman–Crippen MR) is 76.0 cm³/mol. The average Bonchev–Trinajstić information content (AvgIpc) is 2.85. The molecule has 0 radical (unpaired) electrons. The van der Waals surface area contributed by atoms with Crippen molar-refractivity contribution in [2.24, 2.45) is 0 Å². The molecule has 0 saturated heterocycles. The highest BCUT2D eigenvalue weighted by Crippen LogP contribution is 2.24. The Kier molecular flexibility index (Phi) is 4.65. The number of nitrogens with one attached hydrogen (secondary N) is 1. The van der Waals surface area contributed by atoms with Gasteiger partial charge in [0.25, 0.3) is 0 Å². The third kappa shape index (κ3) is 3.61. The summed E-state index contributed by atoms with van der Waals surface area (Å²) >= 11 is 5.75. The average molecular weight is 333 g/mol. The van der Waals surface area contributed by atoms with Crippen LogP contribution in [0.25, 0.3) is 0 Å². The molecule has 0 aliphatic carbocycles. The first-order valence-electron chi connectivity index (χ1n) is 6.20. The summed E-state index contributed by atoms with van der Waals surface area (Å²) in [6.45, 7) is 3.74. The first-order valence-corrected chi connectivity index (χ1v) is 8.06. The molecule has 2 rings (SSSR count). The second-order valence-corrected chi connectivity index (χ2v) is 6.86. The van der Waals surface area contributed by atoms with Crippen LogP contribution in [0.4, 0.5) is 4.39 Å². The minimum atomic E-state index is -4.08. The highest BCUT2D eigenvalue weighted by atomic mass is 35.5. The highest BCUT2D eigenvalue weighted by Gasteiger charge is 2.23. The number of nitrogens with zero attached hydrogens (tertiary/aromatic N) is 1.